The van der Waals surface area contributed by atoms with Crippen molar-refractivity contribution in [1.29, 1.82) is 0 Å². The molecule has 0 N–H and O–H groups in total. The quantitative estimate of drug-likeness (QED) is 0.748. The van der Waals surface area contributed by atoms with Crippen molar-refractivity contribution >= 4 is 11.9 Å². The number of ether oxygens (including phenoxy) is 3. The Labute approximate surface area is 142 Å². The zero-order chi connectivity index (χ0) is 17.5. The summed E-state index contributed by atoms with van der Waals surface area (Å²) in [5, 5.41) is 0. The fourth-order valence-corrected chi connectivity index (χ4v) is 3.10. The predicted molar refractivity (Wildman–Crippen MR) is 89.5 cm³/mol. The molecule has 0 saturated carbocycles. The summed E-state index contributed by atoms with van der Waals surface area (Å²) in [5.41, 5.74) is 0.451. The summed E-state index contributed by atoms with van der Waals surface area (Å²) in [7, 11) is 3.05. The average molecular weight is 335 g/mol. The van der Waals surface area contributed by atoms with E-state index in [9.17, 15) is 9.59 Å². The van der Waals surface area contributed by atoms with Crippen LogP contribution in [0.3, 0.4) is 0 Å². The first-order valence-corrected chi connectivity index (χ1v) is 8.29. The van der Waals surface area contributed by atoms with Crippen molar-refractivity contribution in [3.05, 3.63) is 23.8 Å². The van der Waals surface area contributed by atoms with Crippen molar-refractivity contribution in [1.82, 2.24) is 4.90 Å². The van der Waals surface area contributed by atoms with Crippen molar-refractivity contribution in [2.75, 3.05) is 27.4 Å². The van der Waals surface area contributed by atoms with E-state index in [1.165, 1.54) is 14.2 Å². The van der Waals surface area contributed by atoms with Gasteiger partial charge in [0.1, 0.15) is 0 Å². The Morgan fingerprint density at radius 3 is 2.67 bits per heavy atom. The number of para-hydroxylation sites is 1. The number of likely N-dealkylation sites (tertiary alicyclic amines) is 1. The molecule has 1 heterocycles. The Hall–Kier alpha value is -2.24. The Kier molecular flexibility index (Phi) is 6.46. The smallest absolute Gasteiger partial charge is 0.307 e. The molecular weight excluding hydrogens is 310 g/mol. The summed E-state index contributed by atoms with van der Waals surface area (Å²) in [6, 6.07) is 5.10. The molecule has 1 aromatic carbocycles. The van der Waals surface area contributed by atoms with E-state index < -0.39 is 0 Å². The molecular formula is C18H25NO5. The van der Waals surface area contributed by atoms with Crippen LogP contribution in [0.4, 0.5) is 0 Å². The molecule has 1 aliphatic heterocycles. The zero-order valence-corrected chi connectivity index (χ0v) is 14.5. The fraction of sp³-hybridized carbons (Fsp3) is 0.556. The van der Waals surface area contributed by atoms with E-state index >= 15 is 0 Å². The summed E-state index contributed by atoms with van der Waals surface area (Å²) >= 11 is 0. The predicted octanol–water partition coefficient (Wildman–Crippen LogP) is 2.65. The maximum absolute atomic E-state index is 13.0. The van der Waals surface area contributed by atoms with Gasteiger partial charge in [0.15, 0.2) is 11.5 Å². The van der Waals surface area contributed by atoms with Crippen LogP contribution < -0.4 is 9.47 Å². The molecule has 1 aliphatic rings. The van der Waals surface area contributed by atoms with E-state index in [1.807, 2.05) is 0 Å². The maximum atomic E-state index is 13.0. The molecule has 1 atom stereocenters. The molecule has 0 aliphatic carbocycles. The normalized spacial score (nSPS) is 17.3. The van der Waals surface area contributed by atoms with Crippen molar-refractivity contribution < 1.29 is 23.8 Å². The summed E-state index contributed by atoms with van der Waals surface area (Å²) in [5.74, 6) is 0.535. The lowest BCUT2D eigenvalue weighted by Gasteiger charge is -2.35. The minimum absolute atomic E-state index is 0.138. The number of hydrogen-bond donors (Lipinski definition) is 0. The van der Waals surface area contributed by atoms with Gasteiger partial charge in [-0.1, -0.05) is 6.07 Å². The van der Waals surface area contributed by atoms with Crippen LogP contribution in [-0.4, -0.2) is 50.2 Å². The van der Waals surface area contributed by atoms with Gasteiger partial charge in [0.2, 0.25) is 0 Å². The lowest BCUT2D eigenvalue weighted by molar-refractivity contribution is -0.144. The van der Waals surface area contributed by atoms with Crippen molar-refractivity contribution in [3.8, 4) is 11.5 Å². The number of carbonyl (C=O) groups excluding carboxylic acids is 2. The van der Waals surface area contributed by atoms with Gasteiger partial charge < -0.3 is 19.1 Å². The third-order valence-electron chi connectivity index (χ3n) is 4.23. The summed E-state index contributed by atoms with van der Waals surface area (Å²) < 4.78 is 15.7. The molecule has 1 aromatic rings. The number of carbonyl (C=O) groups is 2. The highest BCUT2D eigenvalue weighted by Gasteiger charge is 2.31. The third kappa shape index (κ3) is 3.99. The molecule has 6 nitrogen and oxygen atoms in total. The van der Waals surface area contributed by atoms with E-state index in [4.69, 9.17) is 14.2 Å². The lowest BCUT2D eigenvalue weighted by atomic mass is 9.98. The second-order valence-electron chi connectivity index (χ2n) is 5.70. The Bertz CT molecular complexity index is 587. The monoisotopic (exact) mass is 335 g/mol. The number of nitrogens with zero attached hydrogens (tertiary/aromatic N) is 1. The number of rotatable bonds is 6. The molecule has 0 radical (unpaired) electrons. The topological polar surface area (TPSA) is 65.1 Å². The van der Waals surface area contributed by atoms with E-state index in [0.717, 1.165) is 19.3 Å². The highest BCUT2D eigenvalue weighted by molar-refractivity contribution is 5.98. The van der Waals surface area contributed by atoms with Gasteiger partial charge in [-0.05, 0) is 38.3 Å². The molecule has 1 saturated heterocycles. The first-order chi connectivity index (χ1) is 11.6. The molecule has 0 spiro atoms. The number of esters is 1. The van der Waals surface area contributed by atoms with Gasteiger partial charge in [-0.2, -0.15) is 0 Å². The average Bonchev–Trinajstić information content (AvgIpc) is 2.61. The molecule has 24 heavy (non-hydrogen) atoms. The van der Waals surface area contributed by atoms with Crippen molar-refractivity contribution in [2.45, 2.75) is 38.6 Å². The van der Waals surface area contributed by atoms with Crippen LogP contribution in [0, 0.1) is 0 Å². The summed E-state index contributed by atoms with van der Waals surface area (Å²) in [6.07, 6.45) is 2.96. The SMILES string of the molecule is CCOC(=O)C[C@@H]1CCCCN1C(=O)c1cccc(OC)c1OC. The van der Waals surface area contributed by atoms with Crippen molar-refractivity contribution in [2.24, 2.45) is 0 Å². The third-order valence-corrected chi connectivity index (χ3v) is 4.23. The van der Waals surface area contributed by atoms with Crippen LogP contribution in [-0.2, 0) is 9.53 Å². The van der Waals surface area contributed by atoms with E-state index in [-0.39, 0.29) is 24.3 Å². The van der Waals surface area contributed by atoms with Crippen LogP contribution in [0.5, 0.6) is 11.5 Å². The van der Waals surface area contributed by atoms with Gasteiger partial charge in [0, 0.05) is 12.6 Å². The van der Waals surface area contributed by atoms with Gasteiger partial charge in [0.25, 0.3) is 5.91 Å². The molecule has 1 amide bonds. The number of benzene rings is 1. The van der Waals surface area contributed by atoms with Gasteiger partial charge in [-0.3, -0.25) is 9.59 Å². The number of hydrogen-bond acceptors (Lipinski definition) is 5. The standard InChI is InChI=1S/C18H25NO5/c1-4-24-16(20)12-13-8-5-6-11-19(13)18(21)14-9-7-10-15(22-2)17(14)23-3/h7,9-10,13H,4-6,8,11-12H2,1-3H3/t13-/m0/s1. The number of amides is 1. The Morgan fingerprint density at radius 1 is 1.21 bits per heavy atom. The fourth-order valence-electron chi connectivity index (χ4n) is 3.10. The molecule has 132 valence electrons. The largest absolute Gasteiger partial charge is 0.493 e. The van der Waals surface area contributed by atoms with Crippen molar-refractivity contribution in [3.63, 3.8) is 0 Å². The molecule has 1 fully saturated rings. The Morgan fingerprint density at radius 2 is 2.00 bits per heavy atom. The Balaban J connectivity index is 2.24. The first-order valence-electron chi connectivity index (χ1n) is 8.29. The minimum Gasteiger partial charge on any atom is -0.493 e. The highest BCUT2D eigenvalue weighted by atomic mass is 16.5. The first kappa shape index (κ1) is 18.1. The lowest BCUT2D eigenvalue weighted by Crippen LogP contribution is -2.45. The van der Waals surface area contributed by atoms with Crippen LogP contribution in [0.2, 0.25) is 0 Å². The molecule has 2 rings (SSSR count). The summed E-state index contributed by atoms with van der Waals surface area (Å²) in [6.45, 7) is 2.76. The van der Waals surface area contributed by atoms with E-state index in [0.29, 0.717) is 30.2 Å². The molecule has 0 unspecified atom stereocenters. The van der Waals surface area contributed by atoms with E-state index in [1.54, 1.807) is 30.0 Å². The van der Waals surface area contributed by atoms with E-state index in [2.05, 4.69) is 0 Å². The number of methoxy groups -OCH3 is 2. The van der Waals surface area contributed by atoms with Gasteiger partial charge >= 0.3 is 5.97 Å². The molecule has 0 bridgehead atoms. The van der Waals surface area contributed by atoms with Crippen LogP contribution in [0.15, 0.2) is 18.2 Å². The minimum atomic E-state index is -0.264. The van der Waals surface area contributed by atoms with Gasteiger partial charge in [-0.25, -0.2) is 0 Å². The highest BCUT2D eigenvalue weighted by Crippen LogP contribution is 2.33. The maximum Gasteiger partial charge on any atom is 0.307 e. The molecule has 6 heteroatoms. The molecule has 0 aromatic heterocycles. The second-order valence-corrected chi connectivity index (χ2v) is 5.70. The van der Waals surface area contributed by atoms with Crippen LogP contribution in [0.1, 0.15) is 43.0 Å². The zero-order valence-electron chi connectivity index (χ0n) is 14.5. The number of piperidine rings is 1. The van der Waals surface area contributed by atoms with Crippen LogP contribution >= 0.6 is 0 Å². The van der Waals surface area contributed by atoms with Gasteiger partial charge in [-0.15, -0.1) is 0 Å². The van der Waals surface area contributed by atoms with Gasteiger partial charge in [0.05, 0.1) is 32.8 Å². The second kappa shape index (κ2) is 8.57. The summed E-state index contributed by atoms with van der Waals surface area (Å²) in [4.78, 5) is 26.6. The van der Waals surface area contributed by atoms with Crippen LogP contribution in [0.25, 0.3) is 0 Å².